The van der Waals surface area contributed by atoms with Gasteiger partial charge in [-0.2, -0.15) is 0 Å². The first kappa shape index (κ1) is 15.0. The number of H-pyrrole nitrogens is 1. The number of hydrogen-bond acceptors (Lipinski definition) is 3. The van der Waals surface area contributed by atoms with Crippen LogP contribution in [0.5, 0.6) is 0 Å². The summed E-state index contributed by atoms with van der Waals surface area (Å²) in [5, 5.41) is 0.820. The molecule has 1 aliphatic rings. The summed E-state index contributed by atoms with van der Waals surface area (Å²) >= 11 is 7.45. The summed E-state index contributed by atoms with van der Waals surface area (Å²) in [6.45, 7) is 6.92. The smallest absolute Gasteiger partial charge is 0.259 e. The number of rotatable bonds is 2. The molecule has 3 nitrogen and oxygen atoms in total. The highest BCUT2D eigenvalue weighted by atomic mass is 35.5. The van der Waals surface area contributed by atoms with E-state index in [1.807, 2.05) is 0 Å². The molecule has 0 saturated heterocycles. The van der Waals surface area contributed by atoms with Crippen LogP contribution < -0.4 is 5.56 Å². The molecule has 0 radical (unpaired) electrons. The van der Waals surface area contributed by atoms with Crippen LogP contribution in [0.2, 0.25) is 0 Å². The van der Waals surface area contributed by atoms with Crippen molar-refractivity contribution in [3.05, 3.63) is 26.6 Å². The molecule has 0 aliphatic heterocycles. The van der Waals surface area contributed by atoms with Gasteiger partial charge in [-0.25, -0.2) is 4.98 Å². The highest BCUT2D eigenvalue weighted by Crippen LogP contribution is 2.41. The van der Waals surface area contributed by atoms with E-state index in [1.165, 1.54) is 10.4 Å². The van der Waals surface area contributed by atoms with Gasteiger partial charge in [-0.1, -0.05) is 20.8 Å². The number of hydrogen-bond donors (Lipinski definition) is 1. The molecule has 0 amide bonds. The maximum Gasteiger partial charge on any atom is 0.259 e. The van der Waals surface area contributed by atoms with Crippen LogP contribution in [0.1, 0.15) is 43.5 Å². The van der Waals surface area contributed by atoms with Crippen molar-refractivity contribution in [1.29, 1.82) is 0 Å². The van der Waals surface area contributed by atoms with Gasteiger partial charge in [-0.05, 0) is 36.2 Å². The van der Waals surface area contributed by atoms with E-state index in [2.05, 4.69) is 30.7 Å². The van der Waals surface area contributed by atoms with Crippen molar-refractivity contribution in [3.8, 4) is 0 Å². The highest BCUT2D eigenvalue weighted by Gasteiger charge is 2.31. The zero-order valence-corrected chi connectivity index (χ0v) is 14.3. The van der Waals surface area contributed by atoms with Crippen molar-refractivity contribution in [2.75, 3.05) is 5.88 Å². The molecule has 1 unspecified atom stereocenters. The van der Waals surface area contributed by atoms with Crippen LogP contribution >= 0.6 is 22.9 Å². The van der Waals surface area contributed by atoms with Gasteiger partial charge in [0.1, 0.15) is 10.7 Å². The minimum Gasteiger partial charge on any atom is -0.310 e. The van der Waals surface area contributed by atoms with Crippen LogP contribution in [0.3, 0.4) is 0 Å². The van der Waals surface area contributed by atoms with Gasteiger partial charge < -0.3 is 4.98 Å². The first-order valence-corrected chi connectivity index (χ1v) is 8.84. The van der Waals surface area contributed by atoms with Crippen molar-refractivity contribution in [3.63, 3.8) is 0 Å². The predicted octanol–water partition coefficient (Wildman–Crippen LogP) is 3.92. The fourth-order valence-electron chi connectivity index (χ4n) is 3.18. The van der Waals surface area contributed by atoms with E-state index < -0.39 is 0 Å². The molecule has 0 bridgehead atoms. The molecule has 5 heteroatoms. The van der Waals surface area contributed by atoms with Crippen LogP contribution in [0.4, 0.5) is 0 Å². The second kappa shape index (κ2) is 5.40. The lowest BCUT2D eigenvalue weighted by Crippen LogP contribution is -2.26. The molecular formula is C16H21ClN2OS. The third kappa shape index (κ3) is 2.76. The Morgan fingerprint density at radius 3 is 2.86 bits per heavy atom. The summed E-state index contributed by atoms with van der Waals surface area (Å²) in [6.07, 6.45) is 3.84. The number of aromatic amines is 1. The number of halogens is 1. The van der Waals surface area contributed by atoms with Crippen molar-refractivity contribution in [1.82, 2.24) is 9.97 Å². The van der Waals surface area contributed by atoms with Gasteiger partial charge in [0.2, 0.25) is 0 Å². The minimum atomic E-state index is 0.00632. The summed E-state index contributed by atoms with van der Waals surface area (Å²) in [5.74, 6) is 1.86. The fraction of sp³-hybridized carbons (Fsp3) is 0.625. The van der Waals surface area contributed by atoms with Crippen LogP contribution in [-0.2, 0) is 19.3 Å². The Morgan fingerprint density at radius 1 is 1.43 bits per heavy atom. The zero-order chi connectivity index (χ0) is 15.2. The van der Waals surface area contributed by atoms with Gasteiger partial charge in [0.05, 0.1) is 5.39 Å². The number of fused-ring (bicyclic) bond motifs is 3. The average Bonchev–Trinajstić information content (AvgIpc) is 2.75. The first-order chi connectivity index (χ1) is 9.90. The zero-order valence-electron chi connectivity index (χ0n) is 12.8. The Labute approximate surface area is 133 Å². The van der Waals surface area contributed by atoms with Crippen molar-refractivity contribution < 1.29 is 0 Å². The standard InChI is InChI=1S/C16H21ClN2OS/c1-16(2,3)9-4-5-10-11(8-9)21-15-13(10)14(20)18-12(19-15)6-7-17/h9H,4-8H2,1-3H3,(H,18,19,20). The summed E-state index contributed by atoms with van der Waals surface area (Å²) in [5.41, 5.74) is 1.56. The van der Waals surface area contributed by atoms with E-state index in [0.717, 1.165) is 29.5 Å². The molecule has 0 fully saturated rings. The summed E-state index contributed by atoms with van der Waals surface area (Å²) in [6, 6.07) is 0. The van der Waals surface area contributed by atoms with Gasteiger partial charge in [0.25, 0.3) is 5.56 Å². The molecule has 0 saturated carbocycles. The number of nitrogens with one attached hydrogen (secondary N) is 1. The SMILES string of the molecule is CC(C)(C)C1CCc2c(sc3nc(CCCl)[nH]c(=O)c23)C1. The average molecular weight is 325 g/mol. The predicted molar refractivity (Wildman–Crippen MR) is 89.6 cm³/mol. The first-order valence-electron chi connectivity index (χ1n) is 7.49. The van der Waals surface area contributed by atoms with Crippen molar-refractivity contribution in [2.45, 2.75) is 46.5 Å². The molecule has 2 heterocycles. The van der Waals surface area contributed by atoms with E-state index >= 15 is 0 Å². The molecule has 1 atom stereocenters. The van der Waals surface area contributed by atoms with Gasteiger partial charge in [-0.3, -0.25) is 4.79 Å². The Morgan fingerprint density at radius 2 is 2.19 bits per heavy atom. The maximum atomic E-state index is 12.4. The monoisotopic (exact) mass is 324 g/mol. The van der Waals surface area contributed by atoms with Crippen LogP contribution in [0, 0.1) is 11.3 Å². The third-order valence-electron chi connectivity index (χ3n) is 4.52. The molecule has 1 aliphatic carbocycles. The normalized spacial score (nSPS) is 19.0. The number of nitrogens with zero attached hydrogens (tertiary/aromatic N) is 1. The molecule has 0 spiro atoms. The molecule has 21 heavy (non-hydrogen) atoms. The lowest BCUT2D eigenvalue weighted by Gasteiger charge is -2.33. The number of aryl methyl sites for hydroxylation is 2. The minimum absolute atomic E-state index is 0.00632. The Bertz CT molecular complexity index is 726. The summed E-state index contributed by atoms with van der Waals surface area (Å²) < 4.78 is 0. The van der Waals surface area contributed by atoms with Crippen molar-refractivity contribution >= 4 is 33.2 Å². The topological polar surface area (TPSA) is 45.8 Å². The largest absolute Gasteiger partial charge is 0.310 e. The van der Waals surface area contributed by atoms with Crippen LogP contribution in [0.25, 0.3) is 10.2 Å². The maximum absolute atomic E-state index is 12.4. The second-order valence-corrected chi connectivity index (χ2v) is 8.40. The Kier molecular flexibility index (Phi) is 3.87. The number of aromatic nitrogens is 2. The quantitative estimate of drug-likeness (QED) is 0.851. The fourth-order valence-corrected chi connectivity index (χ4v) is 4.67. The van der Waals surface area contributed by atoms with E-state index in [-0.39, 0.29) is 5.56 Å². The molecule has 2 aromatic rings. The summed E-state index contributed by atoms with van der Waals surface area (Å²) in [7, 11) is 0. The number of thiophene rings is 1. The van der Waals surface area contributed by atoms with E-state index in [9.17, 15) is 4.79 Å². The second-order valence-electron chi connectivity index (χ2n) is 6.94. The van der Waals surface area contributed by atoms with E-state index in [1.54, 1.807) is 11.3 Å². The molecule has 114 valence electrons. The molecule has 2 aromatic heterocycles. The number of alkyl halides is 1. The summed E-state index contributed by atoms with van der Waals surface area (Å²) in [4.78, 5) is 22.1. The van der Waals surface area contributed by atoms with E-state index in [0.29, 0.717) is 29.5 Å². The van der Waals surface area contributed by atoms with Crippen molar-refractivity contribution in [2.24, 2.45) is 11.3 Å². The van der Waals surface area contributed by atoms with Gasteiger partial charge in [-0.15, -0.1) is 22.9 Å². The van der Waals surface area contributed by atoms with E-state index in [4.69, 9.17) is 11.6 Å². The lowest BCUT2D eigenvalue weighted by molar-refractivity contribution is 0.218. The Hall–Kier alpha value is -0.870. The van der Waals surface area contributed by atoms with Gasteiger partial charge in [0, 0.05) is 17.2 Å². The molecule has 3 rings (SSSR count). The highest BCUT2D eigenvalue weighted by molar-refractivity contribution is 7.18. The van der Waals surface area contributed by atoms with Crippen LogP contribution in [0.15, 0.2) is 4.79 Å². The van der Waals surface area contributed by atoms with Gasteiger partial charge in [0.15, 0.2) is 0 Å². The molecule has 0 aromatic carbocycles. The third-order valence-corrected chi connectivity index (χ3v) is 5.86. The van der Waals surface area contributed by atoms with Crippen LogP contribution in [-0.4, -0.2) is 15.8 Å². The van der Waals surface area contributed by atoms with Gasteiger partial charge >= 0.3 is 0 Å². The Balaban J connectivity index is 2.07. The lowest BCUT2D eigenvalue weighted by atomic mass is 9.72. The molecular weight excluding hydrogens is 304 g/mol. The molecule has 1 N–H and O–H groups in total.